The number of anilines is 1. The molecule has 1 N–H and O–H groups in total. The number of Topliss-reactive ketones (excluding diaryl/α,β-unsaturated/α-hetero) is 1. The van der Waals surface area contributed by atoms with E-state index >= 15 is 0 Å². The minimum absolute atomic E-state index is 0.0497. The normalized spacial score (nSPS) is 16.0. The number of rotatable bonds is 6. The first-order valence-electron chi connectivity index (χ1n) is 9.95. The molecule has 162 valence electrons. The fraction of sp³-hybridized carbons (Fsp3) is 0.167. The zero-order valence-corrected chi connectivity index (χ0v) is 18.2. The lowest BCUT2D eigenvalue weighted by molar-refractivity contribution is -0.117. The summed E-state index contributed by atoms with van der Waals surface area (Å²) in [6, 6.07) is 13.9. The highest BCUT2D eigenvalue weighted by molar-refractivity contribution is 7.12. The van der Waals surface area contributed by atoms with Crippen LogP contribution >= 0.6 is 11.3 Å². The van der Waals surface area contributed by atoms with Gasteiger partial charge in [-0.05, 0) is 55.6 Å². The lowest BCUT2D eigenvalue weighted by Gasteiger charge is -2.26. The number of amides is 1. The number of ketones is 1. The number of hydrogen-bond acceptors (Lipinski definition) is 7. The van der Waals surface area contributed by atoms with Gasteiger partial charge in [0.15, 0.2) is 5.76 Å². The van der Waals surface area contributed by atoms with Gasteiger partial charge in [0.05, 0.1) is 27.8 Å². The number of pyridine rings is 1. The quantitative estimate of drug-likeness (QED) is 0.441. The maximum Gasteiger partial charge on any atom is 0.338 e. The number of benzene rings is 1. The number of aliphatic hydroxyl groups excluding tert-OH is 1. The van der Waals surface area contributed by atoms with Crippen LogP contribution in [0, 0.1) is 0 Å². The number of nitrogens with zero attached hydrogens (tertiary/aromatic N) is 2. The molecule has 0 spiro atoms. The second-order valence-electron chi connectivity index (χ2n) is 7.41. The highest BCUT2D eigenvalue weighted by Crippen LogP contribution is 2.41. The van der Waals surface area contributed by atoms with Crippen LogP contribution in [0.2, 0.25) is 0 Å². The number of hydrogen-bond donors (Lipinski definition) is 1. The maximum absolute atomic E-state index is 13.2. The molecular formula is C24H20N2O5S. The first kappa shape index (κ1) is 21.5. The van der Waals surface area contributed by atoms with E-state index in [4.69, 9.17) is 4.74 Å². The van der Waals surface area contributed by atoms with E-state index in [1.54, 1.807) is 74.0 Å². The minimum Gasteiger partial charge on any atom is -0.503 e. The minimum atomic E-state index is -0.949. The third-order valence-corrected chi connectivity index (χ3v) is 5.74. The highest BCUT2D eigenvalue weighted by Gasteiger charge is 2.45. The van der Waals surface area contributed by atoms with Crippen molar-refractivity contribution in [2.75, 3.05) is 4.90 Å². The van der Waals surface area contributed by atoms with E-state index in [-0.39, 0.29) is 17.2 Å². The topological polar surface area (TPSA) is 96.8 Å². The van der Waals surface area contributed by atoms with Gasteiger partial charge in [-0.3, -0.25) is 19.5 Å². The summed E-state index contributed by atoms with van der Waals surface area (Å²) >= 11 is 1.22. The molecule has 32 heavy (non-hydrogen) atoms. The van der Waals surface area contributed by atoms with Crippen molar-refractivity contribution in [2.24, 2.45) is 0 Å². The molecule has 2 aromatic heterocycles. The van der Waals surface area contributed by atoms with E-state index in [2.05, 4.69) is 4.98 Å². The van der Waals surface area contributed by atoms with E-state index in [1.165, 1.54) is 22.3 Å². The van der Waals surface area contributed by atoms with Gasteiger partial charge in [-0.15, -0.1) is 11.3 Å². The number of ether oxygens (including phenoxy) is 1. The van der Waals surface area contributed by atoms with Crippen LogP contribution < -0.4 is 4.90 Å². The van der Waals surface area contributed by atoms with E-state index in [0.29, 0.717) is 16.3 Å². The summed E-state index contributed by atoms with van der Waals surface area (Å²) in [5, 5.41) is 12.5. The van der Waals surface area contributed by atoms with Gasteiger partial charge < -0.3 is 9.84 Å². The van der Waals surface area contributed by atoms with Crippen molar-refractivity contribution in [3.63, 3.8) is 0 Å². The predicted molar refractivity (Wildman–Crippen MR) is 120 cm³/mol. The van der Waals surface area contributed by atoms with Crippen LogP contribution in [0.15, 0.2) is 77.5 Å². The largest absolute Gasteiger partial charge is 0.503 e. The Morgan fingerprint density at radius 1 is 1.12 bits per heavy atom. The van der Waals surface area contributed by atoms with Crippen LogP contribution in [0.5, 0.6) is 0 Å². The van der Waals surface area contributed by atoms with Crippen molar-refractivity contribution in [1.82, 2.24) is 4.98 Å². The van der Waals surface area contributed by atoms with Crippen molar-refractivity contribution < 1.29 is 24.2 Å². The van der Waals surface area contributed by atoms with Gasteiger partial charge in [0.2, 0.25) is 5.78 Å². The fourth-order valence-corrected chi connectivity index (χ4v) is 4.20. The Labute approximate surface area is 188 Å². The zero-order chi connectivity index (χ0) is 22.8. The molecule has 0 fully saturated rings. The molecule has 1 aliphatic heterocycles. The van der Waals surface area contributed by atoms with Crippen LogP contribution in [0.4, 0.5) is 5.69 Å². The molecule has 3 heterocycles. The molecular weight excluding hydrogens is 428 g/mol. The van der Waals surface area contributed by atoms with Crippen molar-refractivity contribution in [3.8, 4) is 0 Å². The van der Waals surface area contributed by atoms with Crippen LogP contribution in [0.3, 0.4) is 0 Å². The fourth-order valence-electron chi connectivity index (χ4n) is 3.53. The van der Waals surface area contributed by atoms with Gasteiger partial charge in [-0.25, -0.2) is 4.79 Å². The third-order valence-electron chi connectivity index (χ3n) is 4.87. The molecule has 1 unspecified atom stereocenters. The Balaban J connectivity index is 1.81. The Hall–Kier alpha value is -3.78. The zero-order valence-electron chi connectivity index (χ0n) is 17.4. The molecule has 0 saturated heterocycles. The molecule has 0 saturated carbocycles. The molecule has 0 bridgehead atoms. The van der Waals surface area contributed by atoms with Crippen molar-refractivity contribution in [1.29, 1.82) is 0 Å². The Morgan fingerprint density at radius 2 is 1.94 bits per heavy atom. The first-order chi connectivity index (χ1) is 15.4. The summed E-state index contributed by atoms with van der Waals surface area (Å²) in [7, 11) is 0. The van der Waals surface area contributed by atoms with Crippen LogP contribution in [0.1, 0.15) is 45.6 Å². The average molecular weight is 449 g/mol. The maximum atomic E-state index is 13.2. The first-order valence-corrected chi connectivity index (χ1v) is 10.8. The second-order valence-corrected chi connectivity index (χ2v) is 8.35. The smallest absolute Gasteiger partial charge is 0.338 e. The number of thiophene rings is 1. The Morgan fingerprint density at radius 3 is 2.59 bits per heavy atom. The predicted octanol–water partition coefficient (Wildman–Crippen LogP) is 4.49. The number of esters is 1. The van der Waals surface area contributed by atoms with Crippen LogP contribution in [-0.2, 0) is 9.53 Å². The lowest BCUT2D eigenvalue weighted by Crippen LogP contribution is -2.31. The molecule has 0 radical (unpaired) electrons. The number of aromatic nitrogens is 1. The molecule has 1 aliphatic rings. The van der Waals surface area contributed by atoms with Gasteiger partial charge >= 0.3 is 5.97 Å². The molecule has 1 atom stereocenters. The summed E-state index contributed by atoms with van der Waals surface area (Å²) in [6.45, 7) is 3.49. The van der Waals surface area contributed by atoms with E-state index in [0.717, 1.165) is 0 Å². The van der Waals surface area contributed by atoms with Gasteiger partial charge in [0.1, 0.15) is 6.04 Å². The van der Waals surface area contributed by atoms with Crippen LogP contribution in [0.25, 0.3) is 0 Å². The van der Waals surface area contributed by atoms with Crippen molar-refractivity contribution >= 4 is 34.7 Å². The third kappa shape index (κ3) is 3.92. The summed E-state index contributed by atoms with van der Waals surface area (Å²) < 4.78 is 5.25. The SMILES string of the molecule is CC(C)OC(=O)c1cccc(N2C(=O)C(O)=C(C(=O)c3cccs3)C2c2ccccn2)c1. The second kappa shape index (κ2) is 8.76. The Bertz CT molecular complexity index is 1200. The average Bonchev–Trinajstić information content (AvgIpc) is 3.41. The monoisotopic (exact) mass is 448 g/mol. The summed E-state index contributed by atoms with van der Waals surface area (Å²) in [4.78, 5) is 44.8. The molecule has 3 aromatic rings. The molecule has 7 nitrogen and oxygen atoms in total. The van der Waals surface area contributed by atoms with Gasteiger partial charge in [-0.1, -0.05) is 18.2 Å². The molecule has 4 rings (SSSR count). The van der Waals surface area contributed by atoms with Gasteiger partial charge in [0.25, 0.3) is 5.91 Å². The molecule has 1 amide bonds. The summed E-state index contributed by atoms with van der Waals surface area (Å²) in [5.41, 5.74) is 0.956. The van der Waals surface area contributed by atoms with Gasteiger partial charge in [-0.2, -0.15) is 0 Å². The van der Waals surface area contributed by atoms with Crippen molar-refractivity contribution in [3.05, 3.63) is 93.6 Å². The van der Waals surface area contributed by atoms with E-state index < -0.39 is 29.5 Å². The lowest BCUT2D eigenvalue weighted by atomic mass is 9.98. The number of carbonyl (C=O) groups is 3. The summed E-state index contributed by atoms with van der Waals surface area (Å²) in [5.74, 6) is -2.35. The van der Waals surface area contributed by atoms with E-state index in [9.17, 15) is 19.5 Å². The molecule has 0 aliphatic carbocycles. The molecule has 8 heteroatoms. The highest BCUT2D eigenvalue weighted by atomic mass is 32.1. The molecule has 1 aromatic carbocycles. The number of aliphatic hydroxyl groups is 1. The van der Waals surface area contributed by atoms with Gasteiger partial charge in [0, 0.05) is 11.9 Å². The Kier molecular flexibility index (Phi) is 5.87. The number of carbonyl (C=O) groups excluding carboxylic acids is 3. The standard InChI is InChI=1S/C24H20N2O5S/c1-14(2)31-24(30)15-7-5-8-16(13-15)26-20(17-9-3-4-11-25-17)19(22(28)23(26)29)21(27)18-10-6-12-32-18/h3-14,20,28H,1-2H3. The summed E-state index contributed by atoms with van der Waals surface area (Å²) in [6.07, 6.45) is 1.25. The van der Waals surface area contributed by atoms with E-state index in [1.807, 2.05) is 0 Å². The van der Waals surface area contributed by atoms with Crippen LogP contribution in [-0.4, -0.2) is 33.9 Å². The van der Waals surface area contributed by atoms with Crippen molar-refractivity contribution in [2.45, 2.75) is 26.0 Å².